The van der Waals surface area contributed by atoms with Crippen molar-refractivity contribution in [3.8, 4) is 56.8 Å². The van der Waals surface area contributed by atoms with Crippen molar-refractivity contribution in [1.82, 2.24) is 24.9 Å². The summed E-state index contributed by atoms with van der Waals surface area (Å²) in [6, 6.07) is 87.2. The lowest BCUT2D eigenvalue weighted by Gasteiger charge is -2.36. The van der Waals surface area contributed by atoms with Crippen molar-refractivity contribution in [1.29, 1.82) is 0 Å². The molecule has 17 rings (SSSR count). The minimum atomic E-state index is -0.313. The van der Waals surface area contributed by atoms with Gasteiger partial charge in [0.05, 0.1) is 17.8 Å². The van der Waals surface area contributed by atoms with Gasteiger partial charge in [-0.05, 0) is 110 Å². The van der Waals surface area contributed by atoms with Gasteiger partial charge in [-0.2, -0.15) is 0 Å². The van der Waals surface area contributed by atoms with Gasteiger partial charge in [-0.25, -0.2) is 24.9 Å². The minimum absolute atomic E-state index is 0.0426. The number of aromatic nitrogens is 5. The summed E-state index contributed by atoms with van der Waals surface area (Å²) < 4.78 is 0. The van der Waals surface area contributed by atoms with Crippen LogP contribution in [0.1, 0.15) is 71.6 Å². The molecule has 2 aliphatic heterocycles. The first kappa shape index (κ1) is 50.2. The lowest BCUT2D eigenvalue weighted by atomic mass is 9.70. The summed E-state index contributed by atoms with van der Waals surface area (Å²) in [5, 5.41) is 0. The van der Waals surface area contributed by atoms with Gasteiger partial charge in [0.1, 0.15) is 5.82 Å². The third-order valence-corrected chi connectivity index (χ3v) is 19.3. The molecule has 5 atom stereocenters. The van der Waals surface area contributed by atoms with Crippen molar-refractivity contribution in [3.05, 3.63) is 317 Å². The van der Waals surface area contributed by atoms with E-state index in [9.17, 15) is 0 Å². The van der Waals surface area contributed by atoms with Crippen molar-refractivity contribution in [3.63, 3.8) is 0 Å². The SMILES string of the molecule is CC1(C)C2=C(C=CC3C2c2ccccc2N3c2cc(-c3cccc(CC4(C)C5=CC6c7ccccc7N(c7ccc(-c8nc(-c9ccccc9)nc(-c9ccccc9)n8)cc7)C6C=C5c5ccccc54)c3)nc(-c3ccccc3)n2)c2ccccc21. The van der Waals surface area contributed by atoms with Crippen LogP contribution in [0.2, 0.25) is 0 Å². The van der Waals surface area contributed by atoms with Gasteiger partial charge in [-0.3, -0.25) is 0 Å². The number of anilines is 4. The first-order valence-corrected chi connectivity index (χ1v) is 30.1. The van der Waals surface area contributed by atoms with Crippen molar-refractivity contribution < 1.29 is 0 Å². The topological polar surface area (TPSA) is 70.9 Å². The third kappa shape index (κ3) is 7.77. The molecular formula is C79H59N7. The van der Waals surface area contributed by atoms with Crippen molar-refractivity contribution in [2.45, 2.75) is 61.9 Å². The molecule has 410 valence electrons. The molecule has 0 spiro atoms. The molecule has 0 saturated heterocycles. The molecule has 0 amide bonds. The maximum Gasteiger partial charge on any atom is 0.164 e. The second kappa shape index (κ2) is 19.3. The summed E-state index contributed by atoms with van der Waals surface area (Å²) in [6.45, 7) is 7.29. The number of benzene rings is 9. The number of allylic oxidation sites excluding steroid dienone is 4. The molecule has 9 aromatic carbocycles. The van der Waals surface area contributed by atoms with Crippen LogP contribution >= 0.6 is 0 Å². The third-order valence-electron chi connectivity index (χ3n) is 19.3. The second-order valence-corrected chi connectivity index (χ2v) is 24.5. The first-order valence-electron chi connectivity index (χ1n) is 30.1. The zero-order valence-electron chi connectivity index (χ0n) is 48.1. The molecule has 86 heavy (non-hydrogen) atoms. The Morgan fingerprint density at radius 2 is 0.977 bits per heavy atom. The van der Waals surface area contributed by atoms with E-state index < -0.39 is 0 Å². The Labute approximate surface area is 501 Å². The predicted molar refractivity (Wildman–Crippen MR) is 348 cm³/mol. The standard InChI is InChI=1S/C79H59N7/c1-78(2)63-34-17-13-30-56(63)59-42-43-69-72(73(59)78)60-33-16-20-37-68(60)86(69)71-47-66(80-74(81-71)50-23-7-4-8-24-50)54-29-21-22-49(44-54)48-79(3)64-35-18-14-31-57(64)61-46-70-62(45-65(61)79)58-32-15-19-36-67(58)85(70)55-40-38-53(39-41-55)77-83-75(51-25-9-5-10-26-51)82-76(84-77)52-27-11-6-12-28-52/h4-47,62,69-70,72H,48H2,1-3H3. The molecule has 4 aliphatic carbocycles. The van der Waals surface area contributed by atoms with Gasteiger partial charge in [0.25, 0.3) is 0 Å². The van der Waals surface area contributed by atoms with E-state index in [-0.39, 0.29) is 34.7 Å². The number of nitrogens with zero attached hydrogens (tertiary/aromatic N) is 7. The molecule has 5 unspecified atom stereocenters. The molecule has 0 N–H and O–H groups in total. The lowest BCUT2D eigenvalue weighted by molar-refractivity contribution is 0.556. The predicted octanol–water partition coefficient (Wildman–Crippen LogP) is 18.1. The van der Waals surface area contributed by atoms with E-state index in [4.69, 9.17) is 24.9 Å². The van der Waals surface area contributed by atoms with Crippen molar-refractivity contribution in [2.24, 2.45) is 0 Å². The van der Waals surface area contributed by atoms with Crippen LogP contribution < -0.4 is 9.80 Å². The Morgan fingerprint density at radius 3 is 1.65 bits per heavy atom. The van der Waals surface area contributed by atoms with Crippen LogP contribution in [0.15, 0.2) is 278 Å². The van der Waals surface area contributed by atoms with Crippen LogP contribution in [0.4, 0.5) is 22.9 Å². The van der Waals surface area contributed by atoms with Crippen LogP contribution in [0.3, 0.4) is 0 Å². The Bertz CT molecular complexity index is 4640. The molecule has 11 aromatic rings. The zero-order valence-corrected chi connectivity index (χ0v) is 48.1. The van der Waals surface area contributed by atoms with Gasteiger partial charge in [0.15, 0.2) is 23.3 Å². The molecule has 6 aliphatic rings. The van der Waals surface area contributed by atoms with E-state index in [1.807, 2.05) is 36.4 Å². The highest BCUT2D eigenvalue weighted by Crippen LogP contribution is 2.61. The van der Waals surface area contributed by atoms with Crippen LogP contribution in [-0.4, -0.2) is 37.0 Å². The van der Waals surface area contributed by atoms with Crippen LogP contribution in [0, 0.1) is 0 Å². The smallest absolute Gasteiger partial charge is 0.164 e. The van der Waals surface area contributed by atoms with E-state index in [1.165, 1.54) is 72.6 Å². The van der Waals surface area contributed by atoms with Crippen LogP contribution in [0.25, 0.3) is 68.0 Å². The summed E-state index contributed by atoms with van der Waals surface area (Å²) in [7, 11) is 0. The number of hydrogen-bond acceptors (Lipinski definition) is 7. The Morgan fingerprint density at radius 1 is 0.430 bits per heavy atom. The van der Waals surface area contributed by atoms with Gasteiger partial charge in [0, 0.05) is 73.6 Å². The molecule has 0 radical (unpaired) electrons. The van der Waals surface area contributed by atoms with E-state index in [0.717, 1.165) is 51.4 Å². The molecule has 0 saturated carbocycles. The number of para-hydroxylation sites is 2. The summed E-state index contributed by atoms with van der Waals surface area (Å²) in [4.78, 5) is 31.0. The minimum Gasteiger partial charge on any atom is -0.333 e. The van der Waals surface area contributed by atoms with Gasteiger partial charge in [-0.1, -0.05) is 239 Å². The zero-order chi connectivity index (χ0) is 57.3. The molecule has 4 heterocycles. The highest BCUT2D eigenvalue weighted by molar-refractivity contribution is 5.95. The van der Waals surface area contributed by atoms with Crippen LogP contribution in [-0.2, 0) is 17.3 Å². The lowest BCUT2D eigenvalue weighted by Crippen LogP contribution is -2.34. The van der Waals surface area contributed by atoms with Crippen molar-refractivity contribution in [2.75, 3.05) is 9.80 Å². The molecule has 7 heteroatoms. The second-order valence-electron chi connectivity index (χ2n) is 24.5. The fourth-order valence-corrected chi connectivity index (χ4v) is 15.4. The molecule has 0 bridgehead atoms. The van der Waals surface area contributed by atoms with Gasteiger partial charge in [0.2, 0.25) is 0 Å². The number of rotatable bonds is 9. The normalized spacial score (nSPS) is 20.5. The maximum atomic E-state index is 5.50. The molecule has 7 nitrogen and oxygen atoms in total. The van der Waals surface area contributed by atoms with Gasteiger partial charge in [-0.15, -0.1) is 0 Å². The average Bonchev–Trinajstić information content (AvgIpc) is 1.60. The fourth-order valence-electron chi connectivity index (χ4n) is 15.4. The molecular weight excluding hydrogens is 1050 g/mol. The Kier molecular flexibility index (Phi) is 11.3. The van der Waals surface area contributed by atoms with Crippen molar-refractivity contribution >= 4 is 34.0 Å². The summed E-state index contributed by atoms with van der Waals surface area (Å²) in [6.07, 6.45) is 10.8. The van der Waals surface area contributed by atoms with E-state index in [2.05, 4.69) is 261 Å². The first-order chi connectivity index (χ1) is 42.2. The molecule has 0 fully saturated rings. The average molecular weight is 1110 g/mol. The monoisotopic (exact) mass is 1110 g/mol. The highest BCUT2D eigenvalue weighted by atomic mass is 15.3. The number of fused-ring (bicyclic) bond motifs is 12. The van der Waals surface area contributed by atoms with Gasteiger partial charge < -0.3 is 9.80 Å². The quantitative estimate of drug-likeness (QED) is 0.143. The fraction of sp³-hybridized carbons (Fsp3) is 0.127. The van der Waals surface area contributed by atoms with E-state index >= 15 is 0 Å². The molecule has 2 aromatic heterocycles. The Balaban J connectivity index is 0.718. The Hall–Kier alpha value is -10.4. The number of hydrogen-bond donors (Lipinski definition) is 0. The van der Waals surface area contributed by atoms with Gasteiger partial charge >= 0.3 is 0 Å². The largest absolute Gasteiger partial charge is 0.333 e. The highest BCUT2D eigenvalue weighted by Gasteiger charge is 2.51. The van der Waals surface area contributed by atoms with E-state index in [1.54, 1.807) is 0 Å². The van der Waals surface area contributed by atoms with E-state index in [0.29, 0.717) is 23.3 Å². The summed E-state index contributed by atoms with van der Waals surface area (Å²) in [5.74, 6) is 3.85. The maximum absolute atomic E-state index is 5.50. The van der Waals surface area contributed by atoms with Crippen LogP contribution in [0.5, 0.6) is 0 Å². The summed E-state index contributed by atoms with van der Waals surface area (Å²) in [5.41, 5.74) is 23.8. The summed E-state index contributed by atoms with van der Waals surface area (Å²) >= 11 is 0.